The number of methoxy groups -OCH3 is 2. The van der Waals surface area contributed by atoms with Gasteiger partial charge in [-0.05, 0) is 42.8 Å². The van der Waals surface area contributed by atoms with Gasteiger partial charge in [0.05, 0.1) is 30.2 Å². The molecule has 0 saturated carbocycles. The monoisotopic (exact) mass is 488 g/mol. The number of hydrogen-bond donors (Lipinski definition) is 2. The lowest BCUT2D eigenvalue weighted by Crippen LogP contribution is -2.41. The Labute approximate surface area is 199 Å². The normalized spacial score (nSPS) is 15.3. The average molecular weight is 489 g/mol. The van der Waals surface area contributed by atoms with Crippen molar-refractivity contribution in [2.45, 2.75) is 12.2 Å². The second-order valence-corrected chi connectivity index (χ2v) is 8.49. The van der Waals surface area contributed by atoms with Crippen LogP contribution < -0.4 is 25.4 Å². The van der Waals surface area contributed by atoms with Crippen molar-refractivity contribution in [3.8, 4) is 11.5 Å². The van der Waals surface area contributed by atoms with Crippen molar-refractivity contribution in [3.63, 3.8) is 0 Å². The zero-order valence-electron chi connectivity index (χ0n) is 18.0. The zero-order chi connectivity index (χ0) is 24.1. The van der Waals surface area contributed by atoms with Crippen molar-refractivity contribution in [2.75, 3.05) is 19.1 Å². The van der Waals surface area contributed by atoms with Crippen molar-refractivity contribution in [3.05, 3.63) is 58.7 Å². The fraction of sp³-hybridized carbons (Fsp3) is 0.182. The maximum Gasteiger partial charge on any atom is 0.318 e. The summed E-state index contributed by atoms with van der Waals surface area (Å²) >= 11 is 7.13. The third-order valence-electron chi connectivity index (χ3n) is 4.54. The molecule has 0 radical (unpaired) electrons. The van der Waals surface area contributed by atoms with Crippen LogP contribution in [0.1, 0.15) is 12.5 Å². The number of hydrogen-bond acceptors (Lipinski definition) is 7. The number of benzene rings is 2. The molecule has 33 heavy (non-hydrogen) atoms. The number of halogens is 1. The Bertz CT molecular complexity index is 1150. The van der Waals surface area contributed by atoms with Gasteiger partial charge in [-0.25, -0.2) is 9.79 Å². The van der Waals surface area contributed by atoms with Gasteiger partial charge in [0.25, 0.3) is 5.91 Å². The molecule has 0 saturated heterocycles. The summed E-state index contributed by atoms with van der Waals surface area (Å²) in [5.41, 5.74) is 6.39. The molecule has 9 nitrogen and oxygen atoms in total. The molecule has 1 aliphatic rings. The average Bonchev–Trinajstić information content (AvgIpc) is 3.08. The number of thioether (sulfide) groups is 1. The van der Waals surface area contributed by atoms with Crippen LogP contribution in [-0.4, -0.2) is 42.5 Å². The van der Waals surface area contributed by atoms with Crippen LogP contribution >= 0.6 is 23.4 Å². The first-order chi connectivity index (χ1) is 15.7. The SMILES string of the molecule is COc1ccc(/C=C2\N=C(SC(C)C(=O)NC(N)=O)N(c3ccc(Cl)c(OC)c3)C2=O)cc1. The number of aliphatic imine (C=N–C) groups is 1. The molecule has 3 N–H and O–H groups in total. The maximum absolute atomic E-state index is 13.3. The van der Waals surface area contributed by atoms with E-state index >= 15 is 0 Å². The van der Waals surface area contributed by atoms with E-state index in [1.165, 1.54) is 12.0 Å². The first kappa shape index (κ1) is 24.1. The van der Waals surface area contributed by atoms with Gasteiger partial charge in [-0.15, -0.1) is 0 Å². The number of primary amides is 1. The zero-order valence-corrected chi connectivity index (χ0v) is 19.6. The van der Waals surface area contributed by atoms with E-state index in [2.05, 4.69) is 4.99 Å². The van der Waals surface area contributed by atoms with Gasteiger partial charge in [0.1, 0.15) is 17.2 Å². The predicted molar refractivity (Wildman–Crippen MR) is 129 cm³/mol. The number of amidine groups is 1. The van der Waals surface area contributed by atoms with Crippen LogP contribution in [0.15, 0.2) is 53.2 Å². The van der Waals surface area contributed by atoms with E-state index in [0.717, 1.165) is 17.3 Å². The molecule has 172 valence electrons. The van der Waals surface area contributed by atoms with Crippen molar-refractivity contribution in [1.29, 1.82) is 0 Å². The van der Waals surface area contributed by atoms with Crippen molar-refractivity contribution in [1.82, 2.24) is 5.32 Å². The Morgan fingerprint density at radius 1 is 1.18 bits per heavy atom. The summed E-state index contributed by atoms with van der Waals surface area (Å²) in [6, 6.07) is 11.0. The summed E-state index contributed by atoms with van der Waals surface area (Å²) < 4.78 is 10.4. The fourth-order valence-electron chi connectivity index (χ4n) is 2.88. The Hall–Kier alpha value is -3.50. The number of nitrogens with two attached hydrogens (primary N) is 1. The van der Waals surface area contributed by atoms with Crippen molar-refractivity contribution >= 4 is 58.1 Å². The second-order valence-electron chi connectivity index (χ2n) is 6.77. The van der Waals surface area contributed by atoms with E-state index in [9.17, 15) is 14.4 Å². The fourth-order valence-corrected chi connectivity index (χ4v) is 4.00. The smallest absolute Gasteiger partial charge is 0.318 e. The summed E-state index contributed by atoms with van der Waals surface area (Å²) in [6.45, 7) is 1.57. The highest BCUT2D eigenvalue weighted by atomic mass is 35.5. The molecule has 1 unspecified atom stereocenters. The molecule has 2 aromatic carbocycles. The van der Waals surface area contributed by atoms with Gasteiger partial charge in [-0.3, -0.25) is 19.8 Å². The minimum Gasteiger partial charge on any atom is -0.497 e. The van der Waals surface area contributed by atoms with Gasteiger partial charge in [-0.1, -0.05) is 35.5 Å². The molecule has 0 fully saturated rings. The Morgan fingerprint density at radius 2 is 1.88 bits per heavy atom. The van der Waals surface area contributed by atoms with Gasteiger partial charge in [0, 0.05) is 6.07 Å². The number of imide groups is 1. The van der Waals surface area contributed by atoms with Crippen LogP contribution in [-0.2, 0) is 9.59 Å². The molecular formula is C22H21ClN4O5S. The number of carbonyl (C=O) groups is 3. The first-order valence-corrected chi connectivity index (χ1v) is 10.9. The minimum atomic E-state index is -0.962. The maximum atomic E-state index is 13.3. The van der Waals surface area contributed by atoms with Crippen LogP contribution in [0.5, 0.6) is 11.5 Å². The summed E-state index contributed by atoms with van der Waals surface area (Å²) in [6.07, 6.45) is 1.63. The van der Waals surface area contributed by atoms with Gasteiger partial charge in [-0.2, -0.15) is 0 Å². The number of amides is 4. The van der Waals surface area contributed by atoms with Crippen LogP contribution in [0.4, 0.5) is 10.5 Å². The number of ether oxygens (including phenoxy) is 2. The molecule has 1 aliphatic heterocycles. The number of nitrogens with one attached hydrogen (secondary N) is 1. The molecule has 11 heteroatoms. The molecule has 0 spiro atoms. The third-order valence-corrected chi connectivity index (χ3v) is 5.90. The molecule has 0 aliphatic carbocycles. The molecule has 1 atom stereocenters. The van der Waals surface area contributed by atoms with E-state index in [4.69, 9.17) is 26.8 Å². The highest BCUT2D eigenvalue weighted by Gasteiger charge is 2.34. The molecule has 0 bridgehead atoms. The lowest BCUT2D eigenvalue weighted by Gasteiger charge is -2.20. The van der Waals surface area contributed by atoms with Gasteiger partial charge < -0.3 is 15.2 Å². The lowest BCUT2D eigenvalue weighted by atomic mass is 10.2. The summed E-state index contributed by atoms with van der Waals surface area (Å²) in [4.78, 5) is 42.4. The number of carbonyl (C=O) groups excluding carboxylic acids is 3. The van der Waals surface area contributed by atoms with E-state index in [0.29, 0.717) is 22.2 Å². The number of urea groups is 1. The predicted octanol–water partition coefficient (Wildman–Crippen LogP) is 3.42. The number of nitrogens with zero attached hydrogens (tertiary/aromatic N) is 2. The summed E-state index contributed by atoms with van der Waals surface area (Å²) in [5, 5.41) is 1.89. The minimum absolute atomic E-state index is 0.166. The number of anilines is 1. The van der Waals surface area contributed by atoms with Crippen molar-refractivity contribution in [2.24, 2.45) is 10.7 Å². The second kappa shape index (κ2) is 10.4. The van der Waals surface area contributed by atoms with Gasteiger partial charge in [0.15, 0.2) is 5.17 Å². The van der Waals surface area contributed by atoms with Crippen LogP contribution in [0.2, 0.25) is 5.02 Å². The third kappa shape index (κ3) is 5.65. The molecular weight excluding hydrogens is 468 g/mol. The topological polar surface area (TPSA) is 123 Å². The Balaban J connectivity index is 1.99. The quantitative estimate of drug-likeness (QED) is 0.600. The van der Waals surface area contributed by atoms with Crippen LogP contribution in [0.3, 0.4) is 0 Å². The number of rotatable bonds is 6. The highest BCUT2D eigenvalue weighted by Crippen LogP contribution is 2.35. The Kier molecular flexibility index (Phi) is 7.62. The molecule has 0 aromatic heterocycles. The lowest BCUT2D eigenvalue weighted by molar-refractivity contribution is -0.119. The van der Waals surface area contributed by atoms with Gasteiger partial charge >= 0.3 is 6.03 Å². The molecule has 2 aromatic rings. The summed E-state index contributed by atoms with van der Waals surface area (Å²) in [5.74, 6) is 0.0429. The van der Waals surface area contributed by atoms with E-state index in [1.807, 2.05) is 5.32 Å². The van der Waals surface area contributed by atoms with Gasteiger partial charge in [0.2, 0.25) is 5.91 Å². The largest absolute Gasteiger partial charge is 0.497 e. The van der Waals surface area contributed by atoms with Crippen LogP contribution in [0, 0.1) is 0 Å². The van der Waals surface area contributed by atoms with E-state index < -0.39 is 23.1 Å². The first-order valence-electron chi connectivity index (χ1n) is 9.63. The van der Waals surface area contributed by atoms with Crippen LogP contribution in [0.25, 0.3) is 6.08 Å². The molecule has 1 heterocycles. The standard InChI is InChI=1S/C22H21ClN4O5S/c1-12(19(28)26-21(24)30)33-22-25-17(10-13-4-7-15(31-2)8-5-13)20(29)27(22)14-6-9-16(23)18(11-14)32-3/h4-12H,1-3H3,(H3,24,26,28,30)/b17-10-. The molecule has 4 amide bonds. The highest BCUT2D eigenvalue weighted by molar-refractivity contribution is 8.15. The van der Waals surface area contributed by atoms with E-state index in [-0.39, 0.29) is 10.9 Å². The summed E-state index contributed by atoms with van der Waals surface area (Å²) in [7, 11) is 3.03. The Morgan fingerprint density at radius 3 is 2.48 bits per heavy atom. The van der Waals surface area contributed by atoms with Crippen molar-refractivity contribution < 1.29 is 23.9 Å². The van der Waals surface area contributed by atoms with E-state index in [1.54, 1.807) is 62.6 Å². The molecule has 3 rings (SSSR count).